The molecule has 0 spiro atoms. The number of ether oxygens (including phenoxy) is 1. The fourth-order valence-corrected chi connectivity index (χ4v) is 5.61. The van der Waals surface area contributed by atoms with Gasteiger partial charge in [-0.2, -0.15) is 0 Å². The fraction of sp³-hybridized carbons (Fsp3) is 0.355. The number of halogens is 1. The smallest absolute Gasteiger partial charge is 0.244 e. The van der Waals surface area contributed by atoms with E-state index in [4.69, 9.17) is 4.74 Å². The maximum absolute atomic E-state index is 14.1. The van der Waals surface area contributed by atoms with E-state index in [1.807, 2.05) is 75.4 Å². The van der Waals surface area contributed by atoms with Crippen molar-refractivity contribution in [3.8, 4) is 5.75 Å². The first-order chi connectivity index (χ1) is 19.5. The summed E-state index contributed by atoms with van der Waals surface area (Å²) in [4.78, 5) is 29.3. The molecule has 3 rings (SSSR count). The van der Waals surface area contributed by atoms with Crippen LogP contribution in [0.15, 0.2) is 83.3 Å². The molecule has 0 bridgehead atoms. The van der Waals surface area contributed by atoms with Gasteiger partial charge in [0.05, 0.1) is 18.6 Å². The van der Waals surface area contributed by atoms with E-state index in [1.54, 1.807) is 24.3 Å². The molecular formula is C31H38BrN3O5S. The Hall–Kier alpha value is -3.37. The van der Waals surface area contributed by atoms with Crippen LogP contribution < -0.4 is 14.4 Å². The zero-order valence-corrected chi connectivity index (χ0v) is 26.3. The predicted octanol–water partition coefficient (Wildman–Crippen LogP) is 5.17. The second-order valence-corrected chi connectivity index (χ2v) is 12.7. The zero-order chi connectivity index (χ0) is 30.0. The Morgan fingerprint density at radius 2 is 1.61 bits per heavy atom. The number of sulfonamides is 1. The van der Waals surface area contributed by atoms with Gasteiger partial charge in [0.2, 0.25) is 21.8 Å². The highest BCUT2D eigenvalue weighted by atomic mass is 79.9. The van der Waals surface area contributed by atoms with Crippen LogP contribution in [-0.4, -0.2) is 56.6 Å². The summed E-state index contributed by atoms with van der Waals surface area (Å²) in [7, 11) is -3.84. The average molecular weight is 645 g/mol. The summed E-state index contributed by atoms with van der Waals surface area (Å²) in [6.45, 7) is 5.86. The average Bonchev–Trinajstić information content (AvgIpc) is 2.94. The van der Waals surface area contributed by atoms with Gasteiger partial charge in [-0.15, -0.1) is 0 Å². The van der Waals surface area contributed by atoms with Crippen LogP contribution in [0.2, 0.25) is 0 Å². The topological polar surface area (TPSA) is 96.0 Å². The molecule has 10 heteroatoms. The standard InChI is InChI=1S/C31H38BrN3O5S/c1-5-23(3)33-31(37)29(20-24-11-8-7-9-12-24)34(21-25-13-10-14-26(32)19-25)30(36)22-35(41(4,38)39)27-15-17-28(18-16-27)40-6-2/h7-19,23,29H,5-6,20-22H2,1-4H3,(H,33,37). The SMILES string of the molecule is CCOc1ccc(N(CC(=O)N(Cc2cccc(Br)c2)C(Cc2ccccc2)C(=O)NC(C)CC)S(C)(=O)=O)cc1. The number of benzene rings is 3. The van der Waals surface area contributed by atoms with Gasteiger partial charge in [0.15, 0.2) is 0 Å². The molecule has 1 N–H and O–H groups in total. The quantitative estimate of drug-likeness (QED) is 0.262. The van der Waals surface area contributed by atoms with Crippen molar-refractivity contribution in [1.29, 1.82) is 0 Å². The molecule has 0 saturated carbocycles. The maximum Gasteiger partial charge on any atom is 0.244 e. The molecule has 0 saturated heterocycles. The third kappa shape index (κ3) is 9.60. The Morgan fingerprint density at radius 1 is 0.951 bits per heavy atom. The van der Waals surface area contributed by atoms with Gasteiger partial charge in [-0.3, -0.25) is 13.9 Å². The molecule has 220 valence electrons. The van der Waals surface area contributed by atoms with E-state index in [0.717, 1.165) is 32.6 Å². The number of hydrogen-bond acceptors (Lipinski definition) is 5. The van der Waals surface area contributed by atoms with Gasteiger partial charge >= 0.3 is 0 Å². The largest absolute Gasteiger partial charge is 0.494 e. The van der Waals surface area contributed by atoms with E-state index in [2.05, 4.69) is 21.2 Å². The Bertz CT molecular complexity index is 1400. The Kier molecular flexibility index (Phi) is 11.8. The van der Waals surface area contributed by atoms with E-state index >= 15 is 0 Å². The van der Waals surface area contributed by atoms with Gasteiger partial charge in [-0.25, -0.2) is 8.42 Å². The number of carbonyl (C=O) groups is 2. The van der Waals surface area contributed by atoms with Gasteiger partial charge in [0, 0.05) is 23.5 Å². The number of carbonyl (C=O) groups excluding carboxylic acids is 2. The normalized spacial score (nSPS) is 12.7. The third-order valence-corrected chi connectivity index (χ3v) is 8.26. The van der Waals surface area contributed by atoms with Crippen molar-refractivity contribution in [1.82, 2.24) is 10.2 Å². The van der Waals surface area contributed by atoms with Crippen molar-refractivity contribution in [3.63, 3.8) is 0 Å². The highest BCUT2D eigenvalue weighted by molar-refractivity contribution is 9.10. The molecular weight excluding hydrogens is 606 g/mol. The van der Waals surface area contributed by atoms with Crippen molar-refractivity contribution in [3.05, 3.63) is 94.5 Å². The minimum atomic E-state index is -3.84. The van der Waals surface area contributed by atoms with E-state index in [1.165, 1.54) is 4.90 Å². The van der Waals surface area contributed by atoms with E-state index in [0.29, 0.717) is 18.0 Å². The lowest BCUT2D eigenvalue weighted by atomic mass is 10.0. The van der Waals surface area contributed by atoms with Crippen LogP contribution in [0.3, 0.4) is 0 Å². The minimum Gasteiger partial charge on any atom is -0.494 e. The molecule has 8 nitrogen and oxygen atoms in total. The lowest BCUT2D eigenvalue weighted by molar-refractivity contribution is -0.140. The van der Waals surface area contributed by atoms with Crippen LogP contribution in [-0.2, 0) is 32.6 Å². The van der Waals surface area contributed by atoms with Gasteiger partial charge in [0.25, 0.3) is 0 Å². The zero-order valence-electron chi connectivity index (χ0n) is 23.9. The number of anilines is 1. The summed E-state index contributed by atoms with van der Waals surface area (Å²) in [6.07, 6.45) is 2.06. The summed E-state index contributed by atoms with van der Waals surface area (Å²) in [6, 6.07) is 22.5. The van der Waals surface area contributed by atoms with Crippen molar-refractivity contribution >= 4 is 43.5 Å². The third-order valence-electron chi connectivity index (χ3n) is 6.63. The van der Waals surface area contributed by atoms with Crippen molar-refractivity contribution < 1.29 is 22.7 Å². The lowest BCUT2D eigenvalue weighted by Crippen LogP contribution is -2.54. The van der Waals surface area contributed by atoms with Gasteiger partial charge in [-0.05, 0) is 67.8 Å². The van der Waals surface area contributed by atoms with E-state index < -0.39 is 28.5 Å². The molecule has 0 radical (unpaired) electrons. The Morgan fingerprint density at radius 3 is 2.20 bits per heavy atom. The van der Waals surface area contributed by atoms with Crippen molar-refractivity contribution in [2.75, 3.05) is 23.7 Å². The predicted molar refractivity (Wildman–Crippen MR) is 166 cm³/mol. The summed E-state index contributed by atoms with van der Waals surface area (Å²) in [5, 5.41) is 3.03. The maximum atomic E-state index is 14.1. The van der Waals surface area contributed by atoms with Crippen LogP contribution in [0, 0.1) is 0 Å². The highest BCUT2D eigenvalue weighted by Crippen LogP contribution is 2.24. The molecule has 2 amide bonds. The number of amides is 2. The Labute approximate surface area is 251 Å². The molecule has 0 fully saturated rings. The molecule has 0 aliphatic heterocycles. The molecule has 2 atom stereocenters. The van der Waals surface area contributed by atoms with Gasteiger partial charge in [0.1, 0.15) is 18.3 Å². The molecule has 0 aliphatic rings. The van der Waals surface area contributed by atoms with Gasteiger partial charge < -0.3 is 15.0 Å². The minimum absolute atomic E-state index is 0.0973. The summed E-state index contributed by atoms with van der Waals surface area (Å²) in [5.74, 6) is -0.194. The second-order valence-electron chi connectivity index (χ2n) is 9.87. The molecule has 41 heavy (non-hydrogen) atoms. The fourth-order valence-electron chi connectivity index (χ4n) is 4.32. The van der Waals surface area contributed by atoms with Crippen LogP contribution in [0.1, 0.15) is 38.3 Å². The Balaban J connectivity index is 2.04. The van der Waals surface area contributed by atoms with E-state index in [-0.39, 0.29) is 24.9 Å². The number of nitrogens with one attached hydrogen (secondary N) is 1. The monoisotopic (exact) mass is 643 g/mol. The first-order valence-corrected chi connectivity index (χ1v) is 16.2. The van der Waals surface area contributed by atoms with Gasteiger partial charge in [-0.1, -0.05) is 65.3 Å². The first-order valence-electron chi connectivity index (χ1n) is 13.6. The number of rotatable bonds is 14. The van der Waals surface area contributed by atoms with Crippen LogP contribution in [0.5, 0.6) is 5.75 Å². The molecule has 3 aromatic rings. The van der Waals surface area contributed by atoms with E-state index in [9.17, 15) is 18.0 Å². The first kappa shape index (κ1) is 32.1. The summed E-state index contributed by atoms with van der Waals surface area (Å²) < 4.78 is 33.2. The van der Waals surface area contributed by atoms with Crippen LogP contribution >= 0.6 is 15.9 Å². The lowest BCUT2D eigenvalue weighted by Gasteiger charge is -2.34. The molecule has 3 aromatic carbocycles. The summed E-state index contributed by atoms with van der Waals surface area (Å²) >= 11 is 3.48. The second kappa shape index (κ2) is 15.0. The highest BCUT2D eigenvalue weighted by Gasteiger charge is 2.33. The molecule has 0 aliphatic carbocycles. The van der Waals surface area contributed by atoms with Crippen LogP contribution in [0.25, 0.3) is 0 Å². The molecule has 0 aromatic heterocycles. The van der Waals surface area contributed by atoms with Crippen molar-refractivity contribution in [2.24, 2.45) is 0 Å². The molecule has 0 heterocycles. The number of nitrogens with zero attached hydrogens (tertiary/aromatic N) is 2. The molecule has 2 unspecified atom stereocenters. The van der Waals surface area contributed by atoms with Crippen LogP contribution in [0.4, 0.5) is 5.69 Å². The van der Waals surface area contributed by atoms with Crippen molar-refractivity contribution in [2.45, 2.75) is 52.2 Å². The summed E-state index contributed by atoms with van der Waals surface area (Å²) in [5.41, 5.74) is 2.01. The number of hydrogen-bond donors (Lipinski definition) is 1.